The summed E-state index contributed by atoms with van der Waals surface area (Å²) < 4.78 is 38.7. The molecule has 1 fully saturated rings. The summed E-state index contributed by atoms with van der Waals surface area (Å²) in [7, 11) is 0. The lowest BCUT2D eigenvalue weighted by atomic mass is 10.1. The van der Waals surface area contributed by atoms with E-state index in [-0.39, 0.29) is 12.3 Å². The zero-order valence-electron chi connectivity index (χ0n) is 15.0. The first-order valence-electron chi connectivity index (χ1n) is 8.88. The minimum Gasteiger partial charge on any atom is -0.368 e. The molecule has 0 aliphatic carbocycles. The Morgan fingerprint density at radius 2 is 1.57 bits per heavy atom. The first-order chi connectivity index (χ1) is 13.3. The van der Waals surface area contributed by atoms with E-state index < -0.39 is 11.7 Å². The molecule has 3 rings (SSSR count). The number of hydrogen-bond acceptors (Lipinski definition) is 2. The van der Waals surface area contributed by atoms with E-state index in [2.05, 4.69) is 0 Å². The average Bonchev–Trinajstić information content (AvgIpc) is 2.67. The van der Waals surface area contributed by atoms with Crippen LogP contribution >= 0.6 is 23.2 Å². The van der Waals surface area contributed by atoms with Crippen LogP contribution in [-0.4, -0.2) is 37.0 Å². The van der Waals surface area contributed by atoms with Crippen LogP contribution in [0.4, 0.5) is 18.9 Å². The Hall–Kier alpha value is -1.92. The van der Waals surface area contributed by atoms with Gasteiger partial charge in [-0.1, -0.05) is 35.3 Å². The minimum atomic E-state index is -4.37. The Morgan fingerprint density at radius 1 is 0.964 bits per heavy atom. The highest BCUT2D eigenvalue weighted by Crippen LogP contribution is 2.32. The van der Waals surface area contributed by atoms with Crippen molar-refractivity contribution in [1.82, 2.24) is 4.90 Å². The molecule has 1 heterocycles. The average molecular weight is 431 g/mol. The van der Waals surface area contributed by atoms with Crippen molar-refractivity contribution in [1.29, 1.82) is 0 Å². The number of halogens is 5. The van der Waals surface area contributed by atoms with E-state index in [4.69, 9.17) is 23.2 Å². The van der Waals surface area contributed by atoms with Crippen molar-refractivity contribution in [2.45, 2.75) is 19.0 Å². The Morgan fingerprint density at radius 3 is 2.18 bits per heavy atom. The largest absolute Gasteiger partial charge is 0.416 e. The molecule has 0 spiro atoms. The van der Waals surface area contributed by atoms with Crippen LogP contribution in [0.15, 0.2) is 42.5 Å². The van der Waals surface area contributed by atoms with Gasteiger partial charge in [-0.2, -0.15) is 13.2 Å². The Balaban J connectivity index is 1.56. The van der Waals surface area contributed by atoms with Crippen LogP contribution in [0.25, 0.3) is 0 Å². The molecule has 1 saturated heterocycles. The molecule has 0 radical (unpaired) electrons. The zero-order valence-corrected chi connectivity index (χ0v) is 16.5. The van der Waals surface area contributed by atoms with Crippen LogP contribution in [0, 0.1) is 0 Å². The van der Waals surface area contributed by atoms with Gasteiger partial charge in [0.2, 0.25) is 5.91 Å². The number of amides is 1. The van der Waals surface area contributed by atoms with Crippen molar-refractivity contribution >= 4 is 34.8 Å². The summed E-state index contributed by atoms with van der Waals surface area (Å²) >= 11 is 12.3. The van der Waals surface area contributed by atoms with Gasteiger partial charge in [-0.25, -0.2) is 0 Å². The summed E-state index contributed by atoms with van der Waals surface area (Å²) in [6, 6.07) is 10.5. The normalized spacial score (nSPS) is 15.0. The molecule has 0 saturated carbocycles. The van der Waals surface area contributed by atoms with Crippen LogP contribution in [0.3, 0.4) is 0 Å². The molecule has 2 aromatic rings. The molecule has 0 N–H and O–H groups in total. The molecule has 1 aliphatic rings. The van der Waals surface area contributed by atoms with E-state index in [1.807, 2.05) is 4.90 Å². The van der Waals surface area contributed by atoms with Gasteiger partial charge in [0.25, 0.3) is 0 Å². The van der Waals surface area contributed by atoms with Crippen LogP contribution in [0.2, 0.25) is 10.0 Å². The van der Waals surface area contributed by atoms with Crippen molar-refractivity contribution in [3.05, 3.63) is 63.6 Å². The summed E-state index contributed by atoms with van der Waals surface area (Å²) in [5, 5.41) is 1.07. The van der Waals surface area contributed by atoms with E-state index in [1.54, 1.807) is 29.2 Å². The molecule has 0 unspecified atom stereocenters. The van der Waals surface area contributed by atoms with E-state index >= 15 is 0 Å². The number of carbonyl (C=O) groups excluding carboxylic acids is 1. The number of alkyl halides is 3. The summed E-state index contributed by atoms with van der Waals surface area (Å²) in [6.07, 6.45) is -3.63. The fourth-order valence-electron chi connectivity index (χ4n) is 3.25. The monoisotopic (exact) mass is 430 g/mol. The van der Waals surface area contributed by atoms with Crippen LogP contribution < -0.4 is 4.90 Å². The third-order valence-corrected chi connectivity index (χ3v) is 5.53. The van der Waals surface area contributed by atoms with Crippen LogP contribution in [0.5, 0.6) is 0 Å². The van der Waals surface area contributed by atoms with Crippen molar-refractivity contribution in [2.75, 3.05) is 31.1 Å². The molecule has 3 nitrogen and oxygen atoms in total. The van der Waals surface area contributed by atoms with Gasteiger partial charge in [0.1, 0.15) is 0 Å². The number of piperazine rings is 1. The fraction of sp³-hybridized carbons (Fsp3) is 0.350. The molecular formula is C20H19Cl2F3N2O. The molecule has 150 valence electrons. The molecule has 0 atom stereocenters. The zero-order chi connectivity index (χ0) is 20.3. The highest BCUT2D eigenvalue weighted by Gasteiger charge is 2.31. The lowest BCUT2D eigenvalue weighted by Gasteiger charge is -2.36. The van der Waals surface area contributed by atoms with Crippen LogP contribution in [0.1, 0.15) is 17.5 Å². The predicted octanol–water partition coefficient (Wildman–Crippen LogP) is 5.29. The number of nitrogens with zero attached hydrogens (tertiary/aromatic N) is 2. The van der Waals surface area contributed by atoms with Gasteiger partial charge in [-0.3, -0.25) is 4.79 Å². The third kappa shape index (κ3) is 4.92. The van der Waals surface area contributed by atoms with Gasteiger partial charge in [-0.05, 0) is 42.3 Å². The SMILES string of the molecule is O=C(CCc1c(Cl)cccc1Cl)N1CCN(c2cccc(C(F)(F)F)c2)CC1. The van der Waals surface area contributed by atoms with Gasteiger partial charge in [-0.15, -0.1) is 0 Å². The second-order valence-corrected chi connectivity index (χ2v) is 7.43. The topological polar surface area (TPSA) is 23.6 Å². The van der Waals surface area contributed by atoms with E-state index in [9.17, 15) is 18.0 Å². The number of hydrogen-bond donors (Lipinski definition) is 0. The molecule has 1 amide bonds. The summed E-state index contributed by atoms with van der Waals surface area (Å²) in [6.45, 7) is 1.90. The second kappa shape index (κ2) is 8.62. The minimum absolute atomic E-state index is 0.0142. The second-order valence-electron chi connectivity index (χ2n) is 6.62. The third-order valence-electron chi connectivity index (χ3n) is 4.82. The molecule has 8 heteroatoms. The summed E-state index contributed by atoms with van der Waals surface area (Å²) in [5.41, 5.74) is 0.603. The number of rotatable bonds is 4. The Labute approximate surface area is 171 Å². The van der Waals surface area contributed by atoms with Gasteiger partial charge < -0.3 is 9.80 Å². The van der Waals surface area contributed by atoms with Gasteiger partial charge in [0.15, 0.2) is 0 Å². The standard InChI is InChI=1S/C20H19Cl2F3N2O/c21-17-5-2-6-18(22)16(17)7-8-19(28)27-11-9-26(10-12-27)15-4-1-3-14(13-15)20(23,24)25/h1-6,13H,7-12H2. The lowest BCUT2D eigenvalue weighted by molar-refractivity contribution is -0.137. The van der Waals surface area contributed by atoms with E-state index in [0.29, 0.717) is 48.3 Å². The van der Waals surface area contributed by atoms with Crippen LogP contribution in [-0.2, 0) is 17.4 Å². The quantitative estimate of drug-likeness (QED) is 0.657. The maximum absolute atomic E-state index is 12.9. The smallest absolute Gasteiger partial charge is 0.368 e. The van der Waals surface area contributed by atoms with Gasteiger partial charge in [0, 0.05) is 48.3 Å². The summed E-state index contributed by atoms with van der Waals surface area (Å²) in [5.74, 6) is -0.0142. The maximum Gasteiger partial charge on any atom is 0.416 e. The van der Waals surface area contributed by atoms with Crippen molar-refractivity contribution in [3.8, 4) is 0 Å². The lowest BCUT2D eigenvalue weighted by Crippen LogP contribution is -2.48. The van der Waals surface area contributed by atoms with E-state index in [0.717, 1.165) is 17.7 Å². The predicted molar refractivity (Wildman–Crippen MR) is 105 cm³/mol. The molecule has 0 aromatic heterocycles. The van der Waals surface area contributed by atoms with Gasteiger partial charge >= 0.3 is 6.18 Å². The highest BCUT2D eigenvalue weighted by molar-refractivity contribution is 6.36. The fourth-order valence-corrected chi connectivity index (χ4v) is 3.84. The number of benzene rings is 2. The molecular weight excluding hydrogens is 412 g/mol. The maximum atomic E-state index is 12.9. The number of anilines is 1. The van der Waals surface area contributed by atoms with Crippen molar-refractivity contribution in [3.63, 3.8) is 0 Å². The summed E-state index contributed by atoms with van der Waals surface area (Å²) in [4.78, 5) is 16.1. The number of carbonyl (C=O) groups is 1. The first kappa shape index (κ1) is 20.8. The molecule has 2 aromatic carbocycles. The first-order valence-corrected chi connectivity index (χ1v) is 9.64. The molecule has 28 heavy (non-hydrogen) atoms. The van der Waals surface area contributed by atoms with Crippen molar-refractivity contribution in [2.24, 2.45) is 0 Å². The Bertz CT molecular complexity index is 829. The Kier molecular flexibility index (Phi) is 6.40. The van der Waals surface area contributed by atoms with Gasteiger partial charge in [0.05, 0.1) is 5.56 Å². The molecule has 1 aliphatic heterocycles. The van der Waals surface area contributed by atoms with E-state index in [1.165, 1.54) is 6.07 Å². The highest BCUT2D eigenvalue weighted by atomic mass is 35.5. The molecule has 0 bridgehead atoms. The van der Waals surface area contributed by atoms with Crippen molar-refractivity contribution < 1.29 is 18.0 Å².